The molecule has 1 aromatic rings. The van der Waals surface area contributed by atoms with Crippen LogP contribution in [0, 0.1) is 0 Å². The van der Waals surface area contributed by atoms with Crippen LogP contribution in [0.1, 0.15) is 17.9 Å². The van der Waals surface area contributed by atoms with Crippen molar-refractivity contribution < 1.29 is 26.7 Å². The number of fused-ring (bicyclic) bond motifs is 1. The second-order valence-electron chi connectivity index (χ2n) is 4.46. The summed E-state index contributed by atoms with van der Waals surface area (Å²) in [6, 6.07) is 3.90. The van der Waals surface area contributed by atoms with Gasteiger partial charge in [-0.15, -0.1) is 0 Å². The van der Waals surface area contributed by atoms with E-state index >= 15 is 0 Å². The third-order valence-electron chi connectivity index (χ3n) is 3.05. The number of carbonyl (C=O) groups excluding carboxylic acids is 1. The molecule has 1 N–H and O–H groups in total. The Balaban J connectivity index is 2.31. The predicted octanol–water partition coefficient (Wildman–Crippen LogP) is 1.86. The van der Waals surface area contributed by atoms with Crippen LogP contribution in [-0.4, -0.2) is 33.9 Å². The Labute approximate surface area is 124 Å². The number of hydrogen-bond acceptors (Lipinski definition) is 4. The summed E-state index contributed by atoms with van der Waals surface area (Å²) in [5.41, 5.74) is 0.328. The van der Waals surface area contributed by atoms with Crippen LogP contribution in [0.4, 0.5) is 8.78 Å². The van der Waals surface area contributed by atoms with Gasteiger partial charge >= 0.3 is 0 Å². The molecule has 1 unspecified atom stereocenters. The molecule has 0 aromatic heterocycles. The minimum atomic E-state index is -3.95. The van der Waals surface area contributed by atoms with Crippen LogP contribution in [0.25, 0.3) is 0 Å². The van der Waals surface area contributed by atoms with Crippen molar-refractivity contribution in [3.8, 4) is 5.75 Å². The van der Waals surface area contributed by atoms with Crippen molar-refractivity contribution in [1.29, 1.82) is 0 Å². The Morgan fingerprint density at radius 1 is 1.48 bits per heavy atom. The highest BCUT2D eigenvalue weighted by atomic mass is 35.7. The smallest absolute Gasteiger partial charge is 0.261 e. The standard InChI is InChI=1S/C12H12ClF2NO4S/c13-21(18,19)7-1-2-10-9(5-7)8(3-4-20-10)12(17)16-6-11(14)15/h1-2,5,8,11H,3-4,6H2,(H,16,17). The van der Waals surface area contributed by atoms with E-state index in [1.165, 1.54) is 18.2 Å². The van der Waals surface area contributed by atoms with Gasteiger partial charge in [0.05, 0.1) is 24.0 Å². The number of ether oxygens (including phenoxy) is 1. The van der Waals surface area contributed by atoms with E-state index < -0.39 is 33.8 Å². The van der Waals surface area contributed by atoms with Gasteiger partial charge in [0, 0.05) is 16.2 Å². The van der Waals surface area contributed by atoms with Gasteiger partial charge in [-0.2, -0.15) is 0 Å². The highest BCUT2D eigenvalue weighted by Crippen LogP contribution is 2.36. The predicted molar refractivity (Wildman–Crippen MR) is 71.3 cm³/mol. The zero-order chi connectivity index (χ0) is 15.6. The summed E-state index contributed by atoms with van der Waals surface area (Å²) in [4.78, 5) is 11.8. The second kappa shape index (κ2) is 6.15. The van der Waals surface area contributed by atoms with Crippen LogP contribution in [-0.2, 0) is 13.8 Å². The van der Waals surface area contributed by atoms with Gasteiger partial charge in [-0.05, 0) is 24.6 Å². The molecule has 21 heavy (non-hydrogen) atoms. The first-order chi connectivity index (χ1) is 9.79. The van der Waals surface area contributed by atoms with Crippen molar-refractivity contribution in [2.45, 2.75) is 23.7 Å². The zero-order valence-electron chi connectivity index (χ0n) is 10.7. The molecule has 0 saturated carbocycles. The molecule has 0 bridgehead atoms. The summed E-state index contributed by atoms with van der Waals surface area (Å²) in [6.45, 7) is -0.508. The minimum absolute atomic E-state index is 0.167. The fourth-order valence-electron chi connectivity index (χ4n) is 2.10. The van der Waals surface area contributed by atoms with Gasteiger partial charge in [-0.25, -0.2) is 17.2 Å². The lowest BCUT2D eigenvalue weighted by molar-refractivity contribution is -0.123. The van der Waals surface area contributed by atoms with E-state index in [0.717, 1.165) is 0 Å². The van der Waals surface area contributed by atoms with E-state index in [9.17, 15) is 22.0 Å². The number of amides is 1. The molecule has 0 saturated heterocycles. The molecular weight excluding hydrogens is 328 g/mol. The molecule has 0 radical (unpaired) electrons. The molecule has 0 fully saturated rings. The first-order valence-corrected chi connectivity index (χ1v) is 8.37. The lowest BCUT2D eigenvalue weighted by Crippen LogP contribution is -2.35. The number of alkyl halides is 2. The highest BCUT2D eigenvalue weighted by molar-refractivity contribution is 8.13. The average Bonchev–Trinajstić information content (AvgIpc) is 2.42. The van der Waals surface area contributed by atoms with Crippen LogP contribution < -0.4 is 10.1 Å². The Bertz CT molecular complexity index is 651. The molecule has 9 heteroatoms. The molecule has 5 nitrogen and oxygen atoms in total. The molecule has 1 atom stereocenters. The van der Waals surface area contributed by atoms with Crippen LogP contribution in [0.5, 0.6) is 5.75 Å². The van der Waals surface area contributed by atoms with Gasteiger partial charge in [0.15, 0.2) is 0 Å². The summed E-state index contributed by atoms with van der Waals surface area (Å²) in [5.74, 6) is -0.989. The molecule has 2 rings (SSSR count). The normalized spacial score (nSPS) is 18.0. The van der Waals surface area contributed by atoms with E-state index in [-0.39, 0.29) is 17.9 Å². The quantitative estimate of drug-likeness (QED) is 0.850. The lowest BCUT2D eigenvalue weighted by atomic mass is 9.92. The molecule has 1 heterocycles. The van der Waals surface area contributed by atoms with E-state index in [1.54, 1.807) is 0 Å². The Hall–Kier alpha value is -1.41. The number of hydrogen-bond donors (Lipinski definition) is 1. The first-order valence-electron chi connectivity index (χ1n) is 6.06. The van der Waals surface area contributed by atoms with Gasteiger partial charge in [0.1, 0.15) is 5.75 Å². The summed E-state index contributed by atoms with van der Waals surface area (Å²) in [7, 11) is 1.32. The van der Waals surface area contributed by atoms with Crippen molar-refractivity contribution in [3.05, 3.63) is 23.8 Å². The maximum absolute atomic E-state index is 12.1. The maximum atomic E-state index is 12.1. The number of nitrogens with one attached hydrogen (secondary N) is 1. The van der Waals surface area contributed by atoms with Crippen LogP contribution >= 0.6 is 10.7 Å². The summed E-state index contributed by atoms with van der Waals surface area (Å²) >= 11 is 0. The van der Waals surface area contributed by atoms with Crippen LogP contribution in [0.2, 0.25) is 0 Å². The number of halogens is 3. The largest absolute Gasteiger partial charge is 0.493 e. The molecule has 1 aliphatic rings. The fraction of sp³-hybridized carbons (Fsp3) is 0.417. The Morgan fingerprint density at radius 3 is 2.81 bits per heavy atom. The average molecular weight is 340 g/mol. The van der Waals surface area contributed by atoms with Gasteiger partial charge < -0.3 is 10.1 Å². The van der Waals surface area contributed by atoms with E-state index in [4.69, 9.17) is 15.4 Å². The van der Waals surface area contributed by atoms with Crippen molar-refractivity contribution in [3.63, 3.8) is 0 Å². The van der Waals surface area contributed by atoms with Crippen molar-refractivity contribution in [2.24, 2.45) is 0 Å². The molecular formula is C12H12ClF2NO4S. The molecule has 1 aromatic carbocycles. The van der Waals surface area contributed by atoms with Crippen molar-refractivity contribution in [1.82, 2.24) is 5.32 Å². The van der Waals surface area contributed by atoms with E-state index in [0.29, 0.717) is 11.3 Å². The molecule has 0 spiro atoms. The zero-order valence-corrected chi connectivity index (χ0v) is 12.3. The van der Waals surface area contributed by atoms with Gasteiger partial charge in [-0.1, -0.05) is 0 Å². The second-order valence-corrected chi connectivity index (χ2v) is 7.03. The number of benzene rings is 1. The minimum Gasteiger partial charge on any atom is -0.493 e. The molecule has 1 amide bonds. The highest BCUT2D eigenvalue weighted by Gasteiger charge is 2.29. The number of carbonyl (C=O) groups is 1. The van der Waals surface area contributed by atoms with Gasteiger partial charge in [-0.3, -0.25) is 4.79 Å². The molecule has 116 valence electrons. The Morgan fingerprint density at radius 2 is 2.19 bits per heavy atom. The fourth-order valence-corrected chi connectivity index (χ4v) is 2.88. The van der Waals surface area contributed by atoms with E-state index in [1.807, 2.05) is 0 Å². The molecule has 0 aliphatic carbocycles. The monoisotopic (exact) mass is 339 g/mol. The first kappa shape index (κ1) is 16.0. The van der Waals surface area contributed by atoms with E-state index in [2.05, 4.69) is 5.32 Å². The summed E-state index contributed by atoms with van der Waals surface area (Å²) in [5, 5.41) is 2.12. The SMILES string of the molecule is O=C(NCC(F)F)C1CCOc2ccc(S(=O)(=O)Cl)cc21. The topological polar surface area (TPSA) is 72.5 Å². The van der Waals surface area contributed by atoms with Crippen molar-refractivity contribution in [2.75, 3.05) is 13.2 Å². The summed E-state index contributed by atoms with van der Waals surface area (Å²) in [6.07, 6.45) is -2.38. The van der Waals surface area contributed by atoms with Crippen LogP contribution in [0.3, 0.4) is 0 Å². The maximum Gasteiger partial charge on any atom is 0.261 e. The Kier molecular flexibility index (Phi) is 4.67. The third-order valence-corrected chi connectivity index (χ3v) is 4.40. The third kappa shape index (κ3) is 3.82. The van der Waals surface area contributed by atoms with Gasteiger partial charge in [0.25, 0.3) is 15.5 Å². The molecule has 1 aliphatic heterocycles. The van der Waals surface area contributed by atoms with Crippen molar-refractivity contribution >= 4 is 25.6 Å². The van der Waals surface area contributed by atoms with Crippen LogP contribution in [0.15, 0.2) is 23.1 Å². The summed E-state index contributed by atoms with van der Waals surface area (Å²) < 4.78 is 52.3. The number of rotatable bonds is 4. The lowest BCUT2D eigenvalue weighted by Gasteiger charge is -2.25. The van der Waals surface area contributed by atoms with Gasteiger partial charge in [0.2, 0.25) is 5.91 Å².